The van der Waals surface area contributed by atoms with Crippen LogP contribution < -0.4 is 10.5 Å². The zero-order chi connectivity index (χ0) is 30.3. The van der Waals surface area contributed by atoms with Gasteiger partial charge in [0.15, 0.2) is 6.04 Å². The third kappa shape index (κ3) is 5.18. The van der Waals surface area contributed by atoms with Crippen LogP contribution in [0.4, 0.5) is 19.0 Å². The lowest BCUT2D eigenvalue weighted by Gasteiger charge is -2.26. The lowest BCUT2D eigenvalue weighted by molar-refractivity contribution is -0.140. The molecule has 0 radical (unpaired) electrons. The van der Waals surface area contributed by atoms with Crippen LogP contribution in [0.2, 0.25) is 0 Å². The molecule has 8 heteroatoms. The van der Waals surface area contributed by atoms with Crippen molar-refractivity contribution in [3.63, 3.8) is 0 Å². The Labute approximate surface area is 246 Å². The Morgan fingerprint density at radius 1 is 0.907 bits per heavy atom. The minimum Gasteiger partial charge on any atom is -0.480 e. The van der Waals surface area contributed by atoms with Gasteiger partial charge in [-0.1, -0.05) is 91.9 Å². The zero-order valence-electron chi connectivity index (χ0n) is 23.4. The second-order valence-electron chi connectivity index (χ2n) is 10.8. The fourth-order valence-corrected chi connectivity index (χ4v) is 6.24. The summed E-state index contributed by atoms with van der Waals surface area (Å²) in [4.78, 5) is 28.5. The summed E-state index contributed by atoms with van der Waals surface area (Å²) in [6.07, 6.45) is -4.01. The van der Waals surface area contributed by atoms with Crippen molar-refractivity contribution in [2.75, 3.05) is 11.4 Å². The van der Waals surface area contributed by atoms with Crippen LogP contribution in [0.5, 0.6) is 0 Å². The largest absolute Gasteiger partial charge is 0.480 e. The molecule has 5 aromatic rings. The third-order valence-corrected chi connectivity index (χ3v) is 8.18. The highest BCUT2D eigenvalue weighted by molar-refractivity contribution is 5.88. The van der Waals surface area contributed by atoms with Crippen molar-refractivity contribution in [1.29, 1.82) is 0 Å². The monoisotopic (exact) mass is 582 g/mol. The lowest BCUT2D eigenvalue weighted by Crippen LogP contribution is -2.31. The number of halogens is 3. The van der Waals surface area contributed by atoms with E-state index < -0.39 is 29.3 Å². The van der Waals surface area contributed by atoms with E-state index in [1.807, 2.05) is 84.6 Å². The van der Waals surface area contributed by atoms with Crippen molar-refractivity contribution in [2.45, 2.75) is 38.5 Å². The summed E-state index contributed by atoms with van der Waals surface area (Å²) in [7, 11) is 0. The van der Waals surface area contributed by atoms with Gasteiger partial charge in [-0.2, -0.15) is 13.2 Å². The normalized spacial score (nSPS) is 14.7. The number of aromatic nitrogens is 1. The van der Waals surface area contributed by atoms with E-state index >= 15 is 0 Å². The Morgan fingerprint density at radius 3 is 2.33 bits per heavy atom. The van der Waals surface area contributed by atoms with Gasteiger partial charge in [0.05, 0.1) is 12.1 Å². The molecule has 43 heavy (non-hydrogen) atoms. The van der Waals surface area contributed by atoms with Crippen molar-refractivity contribution < 1.29 is 23.1 Å². The number of benzene rings is 4. The molecule has 1 unspecified atom stereocenters. The van der Waals surface area contributed by atoms with Crippen LogP contribution in [0.25, 0.3) is 21.9 Å². The second kappa shape index (κ2) is 11.1. The van der Waals surface area contributed by atoms with Crippen molar-refractivity contribution in [1.82, 2.24) is 4.57 Å². The fraction of sp³-hybridized carbons (Fsp3) is 0.200. The van der Waals surface area contributed by atoms with E-state index in [-0.39, 0.29) is 31.5 Å². The molecule has 0 saturated heterocycles. The van der Waals surface area contributed by atoms with E-state index in [2.05, 4.69) is 0 Å². The van der Waals surface area contributed by atoms with Gasteiger partial charge in [0.25, 0.3) is 5.56 Å². The van der Waals surface area contributed by atoms with Crippen LogP contribution in [0.15, 0.2) is 102 Å². The van der Waals surface area contributed by atoms with E-state index in [1.165, 1.54) is 10.6 Å². The van der Waals surface area contributed by atoms with Crippen LogP contribution >= 0.6 is 0 Å². The molecule has 0 saturated carbocycles. The quantitative estimate of drug-likeness (QED) is 0.216. The average molecular weight is 583 g/mol. The molecule has 1 N–H and O–H groups in total. The summed E-state index contributed by atoms with van der Waals surface area (Å²) >= 11 is 0. The maximum absolute atomic E-state index is 14.2. The predicted molar refractivity (Wildman–Crippen MR) is 161 cm³/mol. The zero-order valence-corrected chi connectivity index (χ0v) is 23.4. The van der Waals surface area contributed by atoms with E-state index in [1.54, 1.807) is 6.07 Å². The first-order valence-electron chi connectivity index (χ1n) is 14.1. The third-order valence-electron chi connectivity index (χ3n) is 8.18. The fourth-order valence-electron chi connectivity index (χ4n) is 6.24. The van der Waals surface area contributed by atoms with Gasteiger partial charge in [-0.15, -0.1) is 0 Å². The molecule has 218 valence electrons. The molecule has 5 nitrogen and oxygen atoms in total. The molecule has 6 rings (SSSR count). The standard InChI is InChI=1S/C35H29F3N2O3/c1-2-27-29(19-24-14-8-13-23-12-6-7-17-28(23)24)31(25-15-9-16-26(18-25)35(36,37)38)32-39(20-22-10-4-3-5-11-22)21-30(34(42)43)40(32)33(27)41/h3-18,30H,2,19-21H2,1H3,(H,42,43). The average Bonchev–Trinajstić information content (AvgIpc) is 3.37. The Balaban J connectivity index is 1.68. The number of rotatable bonds is 7. The predicted octanol–water partition coefficient (Wildman–Crippen LogP) is 7.49. The van der Waals surface area contributed by atoms with E-state index in [9.17, 15) is 27.9 Å². The SMILES string of the molecule is CCc1c(Cc2cccc3ccccc23)c(-c2cccc(C(F)(F)F)c2)c2n(c1=O)C(C(=O)O)CN2Cc1ccccc1. The molecular formula is C35H29F3N2O3. The van der Waals surface area contributed by atoms with Crippen molar-refractivity contribution in [2.24, 2.45) is 0 Å². The summed E-state index contributed by atoms with van der Waals surface area (Å²) in [5.41, 5.74) is 2.32. The number of carboxylic acid groups (broad SMARTS) is 1. The van der Waals surface area contributed by atoms with Crippen molar-refractivity contribution in [3.8, 4) is 11.1 Å². The van der Waals surface area contributed by atoms with Gasteiger partial charge in [-0.25, -0.2) is 4.79 Å². The van der Waals surface area contributed by atoms with Crippen LogP contribution in [0.3, 0.4) is 0 Å². The van der Waals surface area contributed by atoms with Crippen LogP contribution in [0, 0.1) is 0 Å². The van der Waals surface area contributed by atoms with E-state index in [0.29, 0.717) is 22.5 Å². The molecule has 1 aliphatic rings. The number of nitrogens with zero attached hydrogens (tertiary/aromatic N) is 2. The van der Waals surface area contributed by atoms with E-state index in [0.717, 1.165) is 34.0 Å². The highest BCUT2D eigenvalue weighted by atomic mass is 19.4. The Hall–Kier alpha value is -4.85. The Bertz CT molecular complexity index is 1890. The molecule has 4 aromatic carbocycles. The minimum atomic E-state index is -4.58. The first-order valence-corrected chi connectivity index (χ1v) is 14.1. The van der Waals surface area contributed by atoms with Gasteiger partial charge in [0, 0.05) is 17.7 Å². The molecule has 0 amide bonds. The highest BCUT2D eigenvalue weighted by Gasteiger charge is 2.39. The van der Waals surface area contributed by atoms with Gasteiger partial charge in [-0.05, 0) is 58.0 Å². The minimum absolute atomic E-state index is 0.00625. The number of pyridine rings is 1. The maximum Gasteiger partial charge on any atom is 0.416 e. The summed E-state index contributed by atoms with van der Waals surface area (Å²) in [6, 6.07) is 27.0. The number of hydrogen-bond acceptors (Lipinski definition) is 3. The lowest BCUT2D eigenvalue weighted by atomic mass is 9.88. The Morgan fingerprint density at radius 2 is 1.60 bits per heavy atom. The molecule has 0 bridgehead atoms. The number of fused-ring (bicyclic) bond motifs is 2. The number of alkyl halides is 3. The highest BCUT2D eigenvalue weighted by Crippen LogP contribution is 2.43. The summed E-state index contributed by atoms with van der Waals surface area (Å²) < 4.78 is 43.2. The summed E-state index contributed by atoms with van der Waals surface area (Å²) in [5.74, 6) is -0.842. The number of aliphatic carboxylic acids is 1. The molecule has 0 fully saturated rings. The number of hydrogen-bond donors (Lipinski definition) is 1. The number of anilines is 1. The number of carbonyl (C=O) groups is 1. The van der Waals surface area contributed by atoms with Gasteiger partial charge >= 0.3 is 12.1 Å². The summed E-state index contributed by atoms with van der Waals surface area (Å²) in [5, 5.41) is 12.2. The van der Waals surface area contributed by atoms with Crippen molar-refractivity contribution in [3.05, 3.63) is 135 Å². The van der Waals surface area contributed by atoms with E-state index in [4.69, 9.17) is 0 Å². The topological polar surface area (TPSA) is 62.5 Å². The Kier molecular flexibility index (Phi) is 7.30. The molecule has 1 aromatic heterocycles. The van der Waals surface area contributed by atoms with Crippen LogP contribution in [-0.4, -0.2) is 22.2 Å². The smallest absolute Gasteiger partial charge is 0.416 e. The van der Waals surface area contributed by atoms with Crippen LogP contribution in [-0.2, 0) is 30.4 Å². The molecule has 2 heterocycles. The first-order chi connectivity index (χ1) is 20.7. The van der Waals surface area contributed by atoms with Crippen molar-refractivity contribution >= 4 is 22.6 Å². The molecule has 1 aliphatic heterocycles. The maximum atomic E-state index is 14.2. The van der Waals surface area contributed by atoms with Gasteiger partial charge in [0.2, 0.25) is 0 Å². The van der Waals surface area contributed by atoms with Gasteiger partial charge < -0.3 is 10.0 Å². The summed E-state index contributed by atoms with van der Waals surface area (Å²) in [6.45, 7) is 2.11. The molecule has 1 atom stereocenters. The molecule has 0 spiro atoms. The second-order valence-corrected chi connectivity index (χ2v) is 10.8. The first kappa shape index (κ1) is 28.3. The van der Waals surface area contributed by atoms with Gasteiger partial charge in [0.1, 0.15) is 5.82 Å². The molecular weight excluding hydrogens is 553 g/mol. The molecule has 0 aliphatic carbocycles. The van der Waals surface area contributed by atoms with Crippen LogP contribution in [0.1, 0.15) is 40.8 Å². The van der Waals surface area contributed by atoms with Gasteiger partial charge in [-0.3, -0.25) is 9.36 Å². The number of carboxylic acids is 1.